The summed E-state index contributed by atoms with van der Waals surface area (Å²) in [6.07, 6.45) is 0.492. The number of rotatable bonds is 6. The standard InChI is InChI=1S/2C6H6N2O.2C6H8O6.2CH4O/c2*7-6(9)5-2-1-3-8-4-5;2*7-1-2(8)5-3(9)4(10)6(11)12-5;2*1-2/h2*1-4H,(H2,7,9);2*2,5,7-10H,1H2;2*2H,1H3/t;;2*2-,5+;;/m..00../s1. The molecule has 0 saturated heterocycles. The van der Waals surface area contributed by atoms with Gasteiger partial charge in [0.2, 0.25) is 23.3 Å². The predicted molar refractivity (Wildman–Crippen MR) is 152 cm³/mol. The van der Waals surface area contributed by atoms with Gasteiger partial charge in [0.15, 0.2) is 23.7 Å². The summed E-state index contributed by atoms with van der Waals surface area (Å²) in [7, 11) is 2.00. The van der Waals surface area contributed by atoms with E-state index in [9.17, 15) is 19.2 Å². The van der Waals surface area contributed by atoms with Gasteiger partial charge >= 0.3 is 11.9 Å². The van der Waals surface area contributed by atoms with Crippen LogP contribution in [-0.4, -0.2) is 137 Å². The Morgan fingerprint density at radius 3 is 1.17 bits per heavy atom. The van der Waals surface area contributed by atoms with Gasteiger partial charge in [-0.2, -0.15) is 0 Å². The molecule has 0 saturated carbocycles. The summed E-state index contributed by atoms with van der Waals surface area (Å²) in [6, 6.07) is 6.57. The van der Waals surface area contributed by atoms with E-state index >= 15 is 0 Å². The number of aliphatic hydroxyl groups excluding tert-OH is 10. The van der Waals surface area contributed by atoms with Crippen molar-refractivity contribution in [2.24, 2.45) is 11.5 Å². The van der Waals surface area contributed by atoms with Gasteiger partial charge in [0, 0.05) is 39.0 Å². The van der Waals surface area contributed by atoms with Crippen LogP contribution in [0.25, 0.3) is 0 Å². The molecule has 20 heteroatoms. The van der Waals surface area contributed by atoms with Crippen LogP contribution in [0, 0.1) is 0 Å². The van der Waals surface area contributed by atoms with Crippen LogP contribution in [0.2, 0.25) is 0 Å². The molecule has 0 bridgehead atoms. The number of aromatic nitrogens is 2. The van der Waals surface area contributed by atoms with Crippen LogP contribution in [0.1, 0.15) is 20.7 Å². The Bertz CT molecular complexity index is 1190. The van der Waals surface area contributed by atoms with Gasteiger partial charge in [-0.25, -0.2) is 9.59 Å². The van der Waals surface area contributed by atoms with Crippen LogP contribution in [0.5, 0.6) is 0 Å². The third kappa shape index (κ3) is 13.9. The van der Waals surface area contributed by atoms with Gasteiger partial charge in [0.25, 0.3) is 0 Å². The molecule has 46 heavy (non-hydrogen) atoms. The zero-order valence-corrected chi connectivity index (χ0v) is 24.3. The Morgan fingerprint density at radius 1 is 0.717 bits per heavy atom. The summed E-state index contributed by atoms with van der Waals surface area (Å²) in [6.45, 7) is -1.34. The maximum atomic E-state index is 10.5. The molecule has 4 rings (SSSR count). The SMILES string of the molecule is CO.CO.NC(=O)c1cccnc1.NC(=O)c1cccnc1.O=C1O[C@H]([C@@H](O)CO)C(O)=C1O.O=C1O[C@H]([C@@H](O)CO)C(O)=C1O. The Kier molecular flexibility index (Phi) is 21.4. The number of primary amides is 2. The van der Waals surface area contributed by atoms with Gasteiger partial charge in [-0.15, -0.1) is 0 Å². The molecule has 2 aromatic rings. The van der Waals surface area contributed by atoms with Crippen molar-refractivity contribution in [2.45, 2.75) is 24.4 Å². The number of hydrogen-bond acceptors (Lipinski definition) is 18. The first-order chi connectivity index (χ1) is 21.8. The first-order valence-corrected chi connectivity index (χ1v) is 12.3. The Balaban J connectivity index is 0. The second-order valence-electron chi connectivity index (χ2n) is 7.83. The molecule has 2 aliphatic heterocycles. The van der Waals surface area contributed by atoms with Crippen molar-refractivity contribution >= 4 is 23.8 Å². The Morgan fingerprint density at radius 2 is 1.02 bits per heavy atom. The minimum absolute atomic E-state index is 0.442. The van der Waals surface area contributed by atoms with E-state index in [-0.39, 0.29) is 0 Å². The molecule has 20 nitrogen and oxygen atoms in total. The number of ether oxygens (including phenoxy) is 2. The van der Waals surface area contributed by atoms with Gasteiger partial charge in [-0.3, -0.25) is 19.6 Å². The van der Waals surface area contributed by atoms with E-state index in [0.29, 0.717) is 11.1 Å². The van der Waals surface area contributed by atoms with Gasteiger partial charge in [-0.1, -0.05) is 0 Å². The van der Waals surface area contributed by atoms with Gasteiger partial charge in [-0.05, 0) is 24.3 Å². The number of pyridine rings is 2. The molecule has 0 aliphatic carbocycles. The second-order valence-corrected chi connectivity index (χ2v) is 7.83. The van der Waals surface area contributed by atoms with E-state index in [1.54, 1.807) is 36.7 Å². The predicted octanol–water partition coefficient (Wildman–Crippen LogP) is -3.24. The fourth-order valence-corrected chi connectivity index (χ4v) is 2.66. The average molecular weight is 661 g/mol. The number of esters is 2. The van der Waals surface area contributed by atoms with Crippen LogP contribution < -0.4 is 11.5 Å². The molecule has 0 unspecified atom stereocenters. The highest BCUT2D eigenvalue weighted by Crippen LogP contribution is 2.21. The van der Waals surface area contributed by atoms with Crippen LogP contribution in [0.3, 0.4) is 0 Å². The van der Waals surface area contributed by atoms with Crippen molar-refractivity contribution in [3.05, 3.63) is 83.2 Å². The molecule has 0 radical (unpaired) electrons. The van der Waals surface area contributed by atoms with Crippen molar-refractivity contribution < 1.29 is 79.7 Å². The quantitative estimate of drug-likeness (QED) is 0.135. The molecule has 0 aromatic carbocycles. The lowest BCUT2D eigenvalue weighted by Gasteiger charge is -2.13. The first-order valence-electron chi connectivity index (χ1n) is 12.3. The Labute approximate surface area is 260 Å². The lowest BCUT2D eigenvalue weighted by molar-refractivity contribution is -0.148. The summed E-state index contributed by atoms with van der Waals surface area (Å²) < 4.78 is 8.63. The van der Waals surface area contributed by atoms with Crippen LogP contribution >= 0.6 is 0 Å². The largest absolute Gasteiger partial charge is 0.505 e. The van der Waals surface area contributed by atoms with Gasteiger partial charge in [0.05, 0.1) is 24.3 Å². The molecule has 2 amide bonds. The molecule has 2 aromatic heterocycles. The van der Waals surface area contributed by atoms with Crippen molar-refractivity contribution in [2.75, 3.05) is 27.4 Å². The van der Waals surface area contributed by atoms with Crippen molar-refractivity contribution in [3.63, 3.8) is 0 Å². The third-order valence-corrected chi connectivity index (χ3v) is 4.84. The van der Waals surface area contributed by atoms with E-state index in [1.807, 2.05) is 0 Å². The number of carbonyl (C=O) groups excluding carboxylic acids is 4. The highest BCUT2D eigenvalue weighted by molar-refractivity contribution is 5.92. The van der Waals surface area contributed by atoms with Crippen LogP contribution in [0.4, 0.5) is 0 Å². The summed E-state index contributed by atoms with van der Waals surface area (Å²) in [5.74, 6) is -6.44. The van der Waals surface area contributed by atoms with Crippen molar-refractivity contribution in [3.8, 4) is 0 Å². The average Bonchev–Trinajstić information content (AvgIpc) is 3.51. The smallest absolute Gasteiger partial charge is 0.377 e. The monoisotopic (exact) mass is 660 g/mol. The normalized spacial score (nSPS) is 17.2. The van der Waals surface area contributed by atoms with Crippen molar-refractivity contribution in [1.82, 2.24) is 9.97 Å². The molecular formula is C26H36N4O16. The van der Waals surface area contributed by atoms with Crippen LogP contribution in [-0.2, 0) is 19.1 Å². The molecule has 256 valence electrons. The minimum atomic E-state index is -1.42. The fourth-order valence-electron chi connectivity index (χ4n) is 2.66. The summed E-state index contributed by atoms with van der Waals surface area (Å²) in [5.41, 5.74) is 10.8. The zero-order chi connectivity index (χ0) is 36.0. The molecular weight excluding hydrogens is 624 g/mol. The number of hydrogen-bond donors (Lipinski definition) is 12. The zero-order valence-electron chi connectivity index (χ0n) is 24.3. The van der Waals surface area contributed by atoms with Crippen LogP contribution in [0.15, 0.2) is 72.1 Å². The number of aliphatic hydroxyl groups is 10. The summed E-state index contributed by atoms with van der Waals surface area (Å²) in [4.78, 5) is 49.2. The molecule has 14 N–H and O–H groups in total. The number of amides is 2. The molecule has 4 atom stereocenters. The van der Waals surface area contributed by atoms with Gasteiger partial charge in [0.1, 0.15) is 12.2 Å². The fraction of sp³-hybridized carbons (Fsp3) is 0.308. The topological polar surface area (TPSA) is 367 Å². The second kappa shape index (κ2) is 23.1. The maximum Gasteiger partial charge on any atom is 0.377 e. The minimum Gasteiger partial charge on any atom is -0.505 e. The molecule has 0 fully saturated rings. The molecule has 2 aliphatic rings. The van der Waals surface area contributed by atoms with E-state index in [2.05, 4.69) is 19.4 Å². The highest BCUT2D eigenvalue weighted by Gasteiger charge is 2.39. The Hall–Kier alpha value is -5.38. The summed E-state index contributed by atoms with van der Waals surface area (Å²) in [5, 5.41) is 84.1. The van der Waals surface area contributed by atoms with E-state index < -0.39 is 84.4 Å². The van der Waals surface area contributed by atoms with Crippen molar-refractivity contribution in [1.29, 1.82) is 0 Å². The number of nitrogens with zero attached hydrogens (tertiary/aromatic N) is 2. The third-order valence-electron chi connectivity index (χ3n) is 4.84. The van der Waals surface area contributed by atoms with Gasteiger partial charge < -0.3 is 72.0 Å². The van der Waals surface area contributed by atoms with E-state index in [4.69, 9.17) is 62.5 Å². The summed E-state index contributed by atoms with van der Waals surface area (Å²) >= 11 is 0. The van der Waals surface area contributed by atoms with E-state index in [0.717, 1.165) is 14.2 Å². The molecule has 0 spiro atoms. The number of cyclic esters (lactones) is 2. The number of carbonyl (C=O) groups is 4. The maximum absolute atomic E-state index is 10.5. The number of nitrogens with two attached hydrogens (primary N) is 2. The lowest BCUT2D eigenvalue weighted by Crippen LogP contribution is -2.31. The first kappa shape index (κ1) is 42.8. The molecule has 4 heterocycles. The highest BCUT2D eigenvalue weighted by atomic mass is 16.6. The lowest BCUT2D eigenvalue weighted by atomic mass is 10.2. The van der Waals surface area contributed by atoms with E-state index in [1.165, 1.54) is 12.4 Å².